The smallest absolute Gasteiger partial charge is 0.340 e. The van der Waals surface area contributed by atoms with Crippen molar-refractivity contribution < 1.29 is 27.9 Å². The first-order valence-electron chi connectivity index (χ1n) is 8.04. The fourth-order valence-corrected chi connectivity index (χ4v) is 2.57. The van der Waals surface area contributed by atoms with E-state index in [0.717, 1.165) is 6.07 Å². The SMILES string of the molecule is O=Cc1ccc(-c2ccc(Cl)c(C(=O)OCC(=O)Nc3cccc(F)c3)c2)o1. The molecule has 0 spiro atoms. The van der Waals surface area contributed by atoms with E-state index in [4.69, 9.17) is 20.8 Å². The normalized spacial score (nSPS) is 10.4. The van der Waals surface area contributed by atoms with Crippen molar-refractivity contribution in [1.82, 2.24) is 0 Å². The van der Waals surface area contributed by atoms with Crippen molar-refractivity contribution in [2.75, 3.05) is 11.9 Å². The van der Waals surface area contributed by atoms with Crippen LogP contribution in [0.2, 0.25) is 5.02 Å². The number of carbonyl (C=O) groups is 3. The highest BCUT2D eigenvalue weighted by atomic mass is 35.5. The molecule has 0 atom stereocenters. The van der Waals surface area contributed by atoms with E-state index < -0.39 is 24.3 Å². The number of halogens is 2. The molecule has 3 aromatic rings. The van der Waals surface area contributed by atoms with Crippen molar-refractivity contribution in [1.29, 1.82) is 0 Å². The van der Waals surface area contributed by atoms with Gasteiger partial charge in [-0.3, -0.25) is 9.59 Å². The molecule has 1 N–H and O–H groups in total. The maximum absolute atomic E-state index is 13.1. The highest BCUT2D eigenvalue weighted by molar-refractivity contribution is 6.33. The molecule has 0 saturated carbocycles. The molecule has 0 aliphatic carbocycles. The zero-order chi connectivity index (χ0) is 20.1. The summed E-state index contributed by atoms with van der Waals surface area (Å²) < 4.78 is 23.4. The molecule has 3 rings (SSSR count). The third-order valence-corrected chi connectivity index (χ3v) is 3.99. The van der Waals surface area contributed by atoms with Crippen LogP contribution in [0.3, 0.4) is 0 Å². The molecule has 1 heterocycles. The minimum atomic E-state index is -0.816. The van der Waals surface area contributed by atoms with Gasteiger partial charge in [0.2, 0.25) is 0 Å². The summed E-state index contributed by atoms with van der Waals surface area (Å²) >= 11 is 6.04. The highest BCUT2D eigenvalue weighted by Crippen LogP contribution is 2.27. The molecule has 0 aliphatic rings. The number of amides is 1. The van der Waals surface area contributed by atoms with Gasteiger partial charge >= 0.3 is 5.97 Å². The van der Waals surface area contributed by atoms with E-state index in [9.17, 15) is 18.8 Å². The molecule has 6 nitrogen and oxygen atoms in total. The Labute approximate surface area is 163 Å². The van der Waals surface area contributed by atoms with E-state index in [1.807, 2.05) is 0 Å². The van der Waals surface area contributed by atoms with Gasteiger partial charge in [0.1, 0.15) is 11.6 Å². The van der Waals surface area contributed by atoms with E-state index in [-0.39, 0.29) is 22.0 Å². The molecule has 1 amide bonds. The molecule has 8 heteroatoms. The van der Waals surface area contributed by atoms with Gasteiger partial charge < -0.3 is 14.5 Å². The van der Waals surface area contributed by atoms with E-state index in [0.29, 0.717) is 17.6 Å². The molecule has 1 aromatic heterocycles. The molecule has 0 aliphatic heterocycles. The Bertz CT molecular complexity index is 1050. The molecule has 0 fully saturated rings. The largest absolute Gasteiger partial charge is 0.453 e. The Hall–Kier alpha value is -3.45. The molecule has 28 heavy (non-hydrogen) atoms. The lowest BCUT2D eigenvalue weighted by Crippen LogP contribution is -2.21. The number of benzene rings is 2. The summed E-state index contributed by atoms with van der Waals surface area (Å²) in [4.78, 5) is 34.9. The number of nitrogens with one attached hydrogen (secondary N) is 1. The van der Waals surface area contributed by atoms with E-state index in [1.54, 1.807) is 12.1 Å². The van der Waals surface area contributed by atoms with Crippen molar-refractivity contribution in [2.45, 2.75) is 0 Å². The van der Waals surface area contributed by atoms with Crippen LogP contribution in [0.4, 0.5) is 10.1 Å². The summed E-state index contributed by atoms with van der Waals surface area (Å²) in [6.45, 7) is -0.577. The standard InChI is InChI=1S/C20H13ClFNO5/c21-17-6-4-12(18-7-5-15(10-24)28-18)8-16(17)20(26)27-11-19(25)23-14-3-1-2-13(22)9-14/h1-10H,11H2,(H,23,25). The number of furan rings is 1. The van der Waals surface area contributed by atoms with Gasteiger partial charge in [0.05, 0.1) is 10.6 Å². The maximum Gasteiger partial charge on any atom is 0.340 e. The Morgan fingerprint density at radius 1 is 1.14 bits per heavy atom. The lowest BCUT2D eigenvalue weighted by atomic mass is 10.1. The van der Waals surface area contributed by atoms with Crippen LogP contribution in [0.25, 0.3) is 11.3 Å². The topological polar surface area (TPSA) is 85.6 Å². The van der Waals surface area contributed by atoms with E-state index >= 15 is 0 Å². The van der Waals surface area contributed by atoms with Crippen LogP contribution in [0, 0.1) is 5.82 Å². The fourth-order valence-electron chi connectivity index (χ4n) is 2.38. The summed E-state index contributed by atoms with van der Waals surface area (Å²) in [5, 5.41) is 2.54. The minimum Gasteiger partial charge on any atom is -0.453 e. The second-order valence-corrected chi connectivity index (χ2v) is 6.06. The Balaban J connectivity index is 1.67. The predicted molar refractivity (Wildman–Crippen MR) is 99.9 cm³/mol. The van der Waals surface area contributed by atoms with Crippen molar-refractivity contribution in [3.8, 4) is 11.3 Å². The molecular weight excluding hydrogens is 389 g/mol. The predicted octanol–water partition coefficient (Wildman–Crippen LogP) is 4.35. The third-order valence-electron chi connectivity index (χ3n) is 3.66. The minimum absolute atomic E-state index is 0.0294. The average Bonchev–Trinajstić information content (AvgIpc) is 3.16. The molecule has 0 saturated heterocycles. The quantitative estimate of drug-likeness (QED) is 0.490. The lowest BCUT2D eigenvalue weighted by Gasteiger charge is -2.08. The summed E-state index contributed by atoms with van der Waals surface area (Å²) in [7, 11) is 0. The number of aldehydes is 1. The Morgan fingerprint density at radius 2 is 1.96 bits per heavy atom. The number of carbonyl (C=O) groups excluding carboxylic acids is 3. The Kier molecular flexibility index (Phi) is 5.86. The average molecular weight is 402 g/mol. The van der Waals surface area contributed by atoms with Gasteiger partial charge in [-0.25, -0.2) is 9.18 Å². The van der Waals surface area contributed by atoms with Gasteiger partial charge in [0.15, 0.2) is 18.7 Å². The number of anilines is 1. The van der Waals surface area contributed by atoms with Gasteiger partial charge in [0.25, 0.3) is 5.91 Å². The lowest BCUT2D eigenvalue weighted by molar-refractivity contribution is -0.119. The number of hydrogen-bond acceptors (Lipinski definition) is 5. The van der Waals surface area contributed by atoms with Crippen LogP contribution < -0.4 is 5.32 Å². The third kappa shape index (κ3) is 4.63. The molecule has 142 valence electrons. The first kappa shape index (κ1) is 19.3. The van der Waals surface area contributed by atoms with E-state index in [1.165, 1.54) is 36.4 Å². The number of ether oxygens (including phenoxy) is 1. The van der Waals surface area contributed by atoms with Crippen molar-refractivity contribution >= 4 is 35.5 Å². The monoisotopic (exact) mass is 401 g/mol. The molecule has 0 radical (unpaired) electrons. The molecule has 0 bridgehead atoms. The Morgan fingerprint density at radius 3 is 2.68 bits per heavy atom. The van der Waals surface area contributed by atoms with E-state index in [2.05, 4.69) is 5.32 Å². The van der Waals surface area contributed by atoms with Gasteiger partial charge in [0, 0.05) is 11.3 Å². The van der Waals surface area contributed by atoms with Crippen molar-refractivity contribution in [3.05, 3.63) is 76.8 Å². The first-order chi connectivity index (χ1) is 13.5. The second kappa shape index (κ2) is 8.49. The fraction of sp³-hybridized carbons (Fsp3) is 0.0500. The molecular formula is C20H13ClFNO5. The van der Waals surface area contributed by atoms with Crippen LogP contribution in [0.1, 0.15) is 20.9 Å². The maximum atomic E-state index is 13.1. The van der Waals surface area contributed by atoms with Gasteiger partial charge in [-0.15, -0.1) is 0 Å². The van der Waals surface area contributed by atoms with Gasteiger partial charge in [-0.1, -0.05) is 17.7 Å². The molecule has 0 unspecified atom stereocenters. The zero-order valence-electron chi connectivity index (χ0n) is 14.3. The van der Waals surface area contributed by atoms with Crippen LogP contribution in [-0.2, 0) is 9.53 Å². The highest BCUT2D eigenvalue weighted by Gasteiger charge is 2.16. The summed E-state index contributed by atoms with van der Waals surface area (Å²) in [6, 6.07) is 12.9. The van der Waals surface area contributed by atoms with Crippen LogP contribution in [0.15, 0.2) is 59.0 Å². The molecule has 2 aromatic carbocycles. The van der Waals surface area contributed by atoms with Crippen LogP contribution in [-0.4, -0.2) is 24.8 Å². The summed E-state index contributed by atoms with van der Waals surface area (Å²) in [5.74, 6) is -1.44. The number of rotatable bonds is 6. The second-order valence-electron chi connectivity index (χ2n) is 5.65. The first-order valence-corrected chi connectivity index (χ1v) is 8.41. The number of hydrogen-bond donors (Lipinski definition) is 1. The summed E-state index contributed by atoms with van der Waals surface area (Å²) in [6.07, 6.45) is 0.561. The summed E-state index contributed by atoms with van der Waals surface area (Å²) in [5.41, 5.74) is 0.778. The van der Waals surface area contributed by atoms with Crippen LogP contribution >= 0.6 is 11.6 Å². The van der Waals surface area contributed by atoms with Crippen LogP contribution in [0.5, 0.6) is 0 Å². The van der Waals surface area contributed by atoms with Gasteiger partial charge in [-0.2, -0.15) is 0 Å². The van der Waals surface area contributed by atoms with Gasteiger partial charge in [-0.05, 0) is 48.5 Å². The van der Waals surface area contributed by atoms with Crippen molar-refractivity contribution in [2.24, 2.45) is 0 Å². The van der Waals surface area contributed by atoms with Crippen molar-refractivity contribution in [3.63, 3.8) is 0 Å². The number of esters is 1. The zero-order valence-corrected chi connectivity index (χ0v) is 15.0.